The Hall–Kier alpha value is -2.96. The van der Waals surface area contributed by atoms with Gasteiger partial charge in [0.2, 0.25) is 11.7 Å². The molecule has 0 aromatic heterocycles. The molecule has 0 atom stereocenters. The van der Waals surface area contributed by atoms with Gasteiger partial charge in [-0.25, -0.2) is 4.39 Å². The number of piperazine rings is 1. The number of carbonyl (C=O) groups excluding carboxylic acids is 1. The van der Waals surface area contributed by atoms with E-state index in [2.05, 4.69) is 0 Å². The van der Waals surface area contributed by atoms with Gasteiger partial charge in [0.25, 0.3) is 0 Å². The highest BCUT2D eigenvalue weighted by Gasteiger charge is 2.23. The van der Waals surface area contributed by atoms with Crippen LogP contribution in [0.5, 0.6) is 17.2 Å². The molecule has 150 valence electrons. The number of benzene rings is 2. The van der Waals surface area contributed by atoms with E-state index in [9.17, 15) is 9.18 Å². The fourth-order valence-corrected chi connectivity index (χ4v) is 3.43. The molecule has 0 aliphatic carbocycles. The summed E-state index contributed by atoms with van der Waals surface area (Å²) in [6.45, 7) is 2.30. The van der Waals surface area contributed by atoms with Crippen molar-refractivity contribution < 1.29 is 23.4 Å². The summed E-state index contributed by atoms with van der Waals surface area (Å²) in [5, 5.41) is 0. The van der Waals surface area contributed by atoms with Gasteiger partial charge in [0.1, 0.15) is 5.82 Å². The molecule has 2 aromatic rings. The summed E-state index contributed by atoms with van der Waals surface area (Å²) in [6.07, 6.45) is 0.233. The number of rotatable bonds is 6. The van der Waals surface area contributed by atoms with Crippen LogP contribution < -0.4 is 19.1 Å². The molecule has 1 saturated heterocycles. The first-order chi connectivity index (χ1) is 13.6. The lowest BCUT2D eigenvalue weighted by atomic mass is 10.1. The smallest absolute Gasteiger partial charge is 0.227 e. The zero-order valence-corrected chi connectivity index (χ0v) is 16.4. The summed E-state index contributed by atoms with van der Waals surface area (Å²) in [5.74, 6) is 1.32. The van der Waals surface area contributed by atoms with Crippen molar-refractivity contribution in [3.8, 4) is 17.2 Å². The minimum atomic E-state index is -0.236. The Balaban J connectivity index is 1.66. The molecule has 3 rings (SSSR count). The average molecular weight is 388 g/mol. The van der Waals surface area contributed by atoms with E-state index in [0.29, 0.717) is 49.1 Å². The van der Waals surface area contributed by atoms with E-state index in [0.717, 1.165) is 5.56 Å². The molecule has 6 nitrogen and oxygen atoms in total. The fourth-order valence-electron chi connectivity index (χ4n) is 3.43. The molecule has 0 N–H and O–H groups in total. The second-order valence-corrected chi connectivity index (χ2v) is 6.53. The number of anilines is 1. The van der Waals surface area contributed by atoms with E-state index in [1.165, 1.54) is 6.07 Å². The van der Waals surface area contributed by atoms with Gasteiger partial charge in [-0.3, -0.25) is 4.79 Å². The molecule has 2 aromatic carbocycles. The number of para-hydroxylation sites is 1. The second kappa shape index (κ2) is 8.82. The van der Waals surface area contributed by atoms with Gasteiger partial charge in [-0.15, -0.1) is 0 Å². The van der Waals surface area contributed by atoms with Crippen molar-refractivity contribution in [1.82, 2.24) is 4.90 Å². The van der Waals surface area contributed by atoms with Gasteiger partial charge in [0.15, 0.2) is 11.5 Å². The molecule has 0 saturated carbocycles. The van der Waals surface area contributed by atoms with Crippen LogP contribution in [0.25, 0.3) is 0 Å². The number of hydrogen-bond acceptors (Lipinski definition) is 5. The van der Waals surface area contributed by atoms with E-state index < -0.39 is 0 Å². The SMILES string of the molecule is COc1cc(CC(=O)N2CCN(c3ccccc3F)CC2)cc(OC)c1OC. The molecular formula is C21H25FN2O4. The van der Waals surface area contributed by atoms with Gasteiger partial charge < -0.3 is 24.0 Å². The van der Waals surface area contributed by atoms with E-state index in [1.807, 2.05) is 11.0 Å². The highest BCUT2D eigenvalue weighted by Crippen LogP contribution is 2.38. The molecule has 0 bridgehead atoms. The van der Waals surface area contributed by atoms with Gasteiger partial charge in [-0.1, -0.05) is 12.1 Å². The van der Waals surface area contributed by atoms with Crippen LogP contribution in [-0.4, -0.2) is 58.3 Å². The summed E-state index contributed by atoms with van der Waals surface area (Å²) < 4.78 is 30.0. The first-order valence-corrected chi connectivity index (χ1v) is 9.13. The van der Waals surface area contributed by atoms with Crippen molar-refractivity contribution in [2.75, 3.05) is 52.4 Å². The van der Waals surface area contributed by atoms with Crippen LogP contribution in [0.1, 0.15) is 5.56 Å². The summed E-state index contributed by atoms with van der Waals surface area (Å²) >= 11 is 0. The van der Waals surface area contributed by atoms with Crippen LogP contribution in [0.3, 0.4) is 0 Å². The minimum absolute atomic E-state index is 0.0162. The van der Waals surface area contributed by atoms with Crippen LogP contribution in [0.2, 0.25) is 0 Å². The third-order valence-corrected chi connectivity index (χ3v) is 4.91. The number of hydrogen-bond donors (Lipinski definition) is 0. The number of nitrogens with zero attached hydrogens (tertiary/aromatic N) is 2. The quantitative estimate of drug-likeness (QED) is 0.762. The maximum atomic E-state index is 14.0. The van der Waals surface area contributed by atoms with E-state index in [-0.39, 0.29) is 18.1 Å². The highest BCUT2D eigenvalue weighted by atomic mass is 19.1. The number of halogens is 1. The Kier molecular flexibility index (Phi) is 6.23. The van der Waals surface area contributed by atoms with Gasteiger partial charge in [0.05, 0.1) is 33.4 Å². The number of ether oxygens (including phenoxy) is 3. The normalized spacial score (nSPS) is 14.0. The van der Waals surface area contributed by atoms with Gasteiger partial charge in [-0.2, -0.15) is 0 Å². The molecular weight excluding hydrogens is 363 g/mol. The predicted molar refractivity (Wildman–Crippen MR) is 105 cm³/mol. The summed E-state index contributed by atoms with van der Waals surface area (Å²) in [6, 6.07) is 10.3. The van der Waals surface area contributed by atoms with Crippen LogP contribution in [0.15, 0.2) is 36.4 Å². The highest BCUT2D eigenvalue weighted by molar-refractivity contribution is 5.79. The first-order valence-electron chi connectivity index (χ1n) is 9.13. The van der Waals surface area contributed by atoms with E-state index in [1.54, 1.807) is 50.5 Å². The maximum absolute atomic E-state index is 14.0. The molecule has 28 heavy (non-hydrogen) atoms. The molecule has 0 spiro atoms. The lowest BCUT2D eigenvalue weighted by Crippen LogP contribution is -2.49. The van der Waals surface area contributed by atoms with Crippen LogP contribution in [0.4, 0.5) is 10.1 Å². The molecule has 1 amide bonds. The van der Waals surface area contributed by atoms with Crippen molar-refractivity contribution in [1.29, 1.82) is 0 Å². The zero-order valence-electron chi connectivity index (χ0n) is 16.4. The van der Waals surface area contributed by atoms with E-state index >= 15 is 0 Å². The molecule has 7 heteroatoms. The monoisotopic (exact) mass is 388 g/mol. The molecule has 0 unspecified atom stereocenters. The van der Waals surface area contributed by atoms with Crippen LogP contribution in [-0.2, 0) is 11.2 Å². The zero-order chi connectivity index (χ0) is 20.1. The summed E-state index contributed by atoms with van der Waals surface area (Å²) in [4.78, 5) is 16.5. The van der Waals surface area contributed by atoms with E-state index in [4.69, 9.17) is 14.2 Å². The molecule has 0 radical (unpaired) electrons. The second-order valence-electron chi connectivity index (χ2n) is 6.53. The largest absolute Gasteiger partial charge is 0.493 e. The Labute approximate surface area is 164 Å². The van der Waals surface area contributed by atoms with Crippen molar-refractivity contribution in [2.24, 2.45) is 0 Å². The Morgan fingerprint density at radius 3 is 2.11 bits per heavy atom. The first kappa shape index (κ1) is 19.8. The third-order valence-electron chi connectivity index (χ3n) is 4.91. The van der Waals surface area contributed by atoms with Crippen molar-refractivity contribution in [2.45, 2.75) is 6.42 Å². The van der Waals surface area contributed by atoms with Crippen molar-refractivity contribution in [3.05, 3.63) is 47.8 Å². The topological polar surface area (TPSA) is 51.2 Å². The standard InChI is InChI=1S/C21H25FN2O4/c1-26-18-12-15(13-19(27-2)21(18)28-3)14-20(25)24-10-8-23(9-11-24)17-7-5-4-6-16(17)22/h4-7,12-13H,8-11,14H2,1-3H3. The van der Waals surface area contributed by atoms with Crippen LogP contribution in [0, 0.1) is 5.82 Å². The number of carbonyl (C=O) groups is 1. The maximum Gasteiger partial charge on any atom is 0.227 e. The van der Waals surface area contributed by atoms with Gasteiger partial charge >= 0.3 is 0 Å². The summed E-state index contributed by atoms with van der Waals surface area (Å²) in [5.41, 5.74) is 1.37. The molecule has 1 aliphatic rings. The molecule has 1 heterocycles. The fraction of sp³-hybridized carbons (Fsp3) is 0.381. The Bertz CT molecular complexity index is 810. The van der Waals surface area contributed by atoms with Gasteiger partial charge in [0, 0.05) is 26.2 Å². The lowest BCUT2D eigenvalue weighted by molar-refractivity contribution is -0.130. The van der Waals surface area contributed by atoms with Gasteiger partial charge in [-0.05, 0) is 29.8 Å². The van der Waals surface area contributed by atoms with Crippen LogP contribution >= 0.6 is 0 Å². The average Bonchev–Trinajstić information content (AvgIpc) is 2.73. The number of amides is 1. The lowest BCUT2D eigenvalue weighted by Gasteiger charge is -2.36. The van der Waals surface area contributed by atoms with Crippen molar-refractivity contribution >= 4 is 11.6 Å². The number of methoxy groups -OCH3 is 3. The Morgan fingerprint density at radius 2 is 1.57 bits per heavy atom. The summed E-state index contributed by atoms with van der Waals surface area (Å²) in [7, 11) is 4.63. The predicted octanol–water partition coefficient (Wildman–Crippen LogP) is 2.74. The molecule has 1 aliphatic heterocycles. The molecule has 1 fully saturated rings. The minimum Gasteiger partial charge on any atom is -0.493 e. The van der Waals surface area contributed by atoms with Crippen molar-refractivity contribution in [3.63, 3.8) is 0 Å². The Morgan fingerprint density at radius 1 is 0.964 bits per heavy atom. The third kappa shape index (κ3) is 4.13.